The molecule has 0 aromatic heterocycles. The fourth-order valence-corrected chi connectivity index (χ4v) is 4.71. The summed E-state index contributed by atoms with van der Waals surface area (Å²) in [6.45, 7) is 0. The molecule has 0 spiro atoms. The van der Waals surface area contributed by atoms with Crippen molar-refractivity contribution >= 4 is 46.9 Å². The minimum atomic E-state index is -0.549. The van der Waals surface area contributed by atoms with Gasteiger partial charge in [0, 0.05) is 33.5 Å². The Hall–Kier alpha value is -5.22. The second-order valence-corrected chi connectivity index (χ2v) is 10.1. The lowest BCUT2D eigenvalue weighted by molar-refractivity contribution is -0.114. The van der Waals surface area contributed by atoms with Gasteiger partial charge in [0.05, 0.1) is 27.1 Å². The van der Waals surface area contributed by atoms with Crippen LogP contribution in [0.2, 0.25) is 0 Å². The van der Waals surface area contributed by atoms with Crippen molar-refractivity contribution in [2.75, 3.05) is 37.7 Å². The van der Waals surface area contributed by atoms with Crippen molar-refractivity contribution in [2.24, 2.45) is 0 Å². The maximum atomic E-state index is 13.5. The molecule has 43 heavy (non-hydrogen) atoms. The summed E-state index contributed by atoms with van der Waals surface area (Å²) in [5.74, 6) is 0.665. The molecule has 0 saturated heterocycles. The van der Waals surface area contributed by atoms with Gasteiger partial charge < -0.3 is 30.2 Å². The van der Waals surface area contributed by atoms with Crippen molar-refractivity contribution < 1.29 is 28.6 Å². The Morgan fingerprint density at radius 2 is 1.42 bits per heavy atom. The van der Waals surface area contributed by atoms with Crippen molar-refractivity contribution in [3.8, 4) is 17.2 Å². The highest BCUT2D eigenvalue weighted by atomic mass is 32.2. The van der Waals surface area contributed by atoms with Gasteiger partial charge in [-0.1, -0.05) is 30.3 Å². The number of carbonyl (C=O) groups is 3. The third-order valence-corrected chi connectivity index (χ3v) is 7.07. The van der Waals surface area contributed by atoms with Gasteiger partial charge in [-0.05, 0) is 66.7 Å². The SMILES string of the molecule is COc1cccc(NC(=O)CSc2cccc(NC(=O)/C(=C\c3cc(OC)ccc3OC)NC(=O)c3ccccc3)c2)c1. The molecular weight excluding hydrogens is 566 g/mol. The second kappa shape index (κ2) is 15.1. The third-order valence-electron chi connectivity index (χ3n) is 6.08. The molecule has 10 heteroatoms. The lowest BCUT2D eigenvalue weighted by Gasteiger charge is -2.14. The van der Waals surface area contributed by atoms with Gasteiger partial charge in [0.15, 0.2) is 0 Å². The molecule has 0 atom stereocenters. The van der Waals surface area contributed by atoms with E-state index in [1.807, 2.05) is 6.07 Å². The predicted octanol–water partition coefficient (Wildman–Crippen LogP) is 5.85. The molecule has 0 aliphatic heterocycles. The Kier molecular flexibility index (Phi) is 10.8. The number of amides is 3. The molecule has 4 rings (SSSR count). The molecule has 3 N–H and O–H groups in total. The number of hydrogen-bond donors (Lipinski definition) is 3. The number of rotatable bonds is 12. The summed E-state index contributed by atoms with van der Waals surface area (Å²) in [6.07, 6.45) is 1.53. The summed E-state index contributed by atoms with van der Waals surface area (Å²) in [4.78, 5) is 39.8. The van der Waals surface area contributed by atoms with Crippen LogP contribution in [0.4, 0.5) is 11.4 Å². The normalized spacial score (nSPS) is 10.8. The summed E-state index contributed by atoms with van der Waals surface area (Å²) in [6, 6.07) is 27.9. The molecule has 0 aliphatic carbocycles. The maximum Gasteiger partial charge on any atom is 0.272 e. The summed E-state index contributed by atoms with van der Waals surface area (Å²) < 4.78 is 16.0. The molecule has 0 bridgehead atoms. The largest absolute Gasteiger partial charge is 0.497 e. The smallest absolute Gasteiger partial charge is 0.272 e. The van der Waals surface area contributed by atoms with E-state index in [0.717, 1.165) is 4.90 Å². The average molecular weight is 598 g/mol. The van der Waals surface area contributed by atoms with Crippen LogP contribution >= 0.6 is 11.8 Å². The number of hydrogen-bond acceptors (Lipinski definition) is 7. The van der Waals surface area contributed by atoms with Gasteiger partial charge in [0.2, 0.25) is 5.91 Å². The van der Waals surface area contributed by atoms with Crippen LogP contribution in [0.15, 0.2) is 108 Å². The quantitative estimate of drug-likeness (QED) is 0.139. The van der Waals surface area contributed by atoms with Crippen LogP contribution in [0.3, 0.4) is 0 Å². The van der Waals surface area contributed by atoms with E-state index in [-0.39, 0.29) is 17.4 Å². The van der Waals surface area contributed by atoms with E-state index < -0.39 is 11.8 Å². The number of benzene rings is 4. The number of ether oxygens (including phenoxy) is 3. The second-order valence-electron chi connectivity index (χ2n) is 9.04. The van der Waals surface area contributed by atoms with E-state index in [2.05, 4.69) is 16.0 Å². The Labute approximate surface area is 254 Å². The van der Waals surface area contributed by atoms with Gasteiger partial charge in [-0.15, -0.1) is 11.8 Å². The van der Waals surface area contributed by atoms with Crippen LogP contribution in [0.1, 0.15) is 15.9 Å². The fourth-order valence-electron chi connectivity index (χ4n) is 3.96. The predicted molar refractivity (Wildman–Crippen MR) is 169 cm³/mol. The molecule has 0 radical (unpaired) electrons. The van der Waals surface area contributed by atoms with E-state index in [1.165, 1.54) is 32.1 Å². The van der Waals surface area contributed by atoms with Crippen molar-refractivity contribution in [1.82, 2.24) is 5.32 Å². The number of thioether (sulfide) groups is 1. The number of nitrogens with one attached hydrogen (secondary N) is 3. The minimum Gasteiger partial charge on any atom is -0.497 e. The molecule has 0 saturated carbocycles. The van der Waals surface area contributed by atoms with Gasteiger partial charge in [0.25, 0.3) is 11.8 Å². The zero-order valence-electron chi connectivity index (χ0n) is 23.9. The molecular formula is C33H31N3O6S. The monoisotopic (exact) mass is 597 g/mol. The van der Waals surface area contributed by atoms with Crippen LogP contribution in [0.5, 0.6) is 17.2 Å². The van der Waals surface area contributed by atoms with E-state index >= 15 is 0 Å². The Bertz CT molecular complexity index is 1620. The third kappa shape index (κ3) is 8.88. The van der Waals surface area contributed by atoms with Crippen molar-refractivity contribution in [2.45, 2.75) is 4.90 Å². The number of anilines is 2. The lowest BCUT2D eigenvalue weighted by Crippen LogP contribution is -2.30. The first-order chi connectivity index (χ1) is 20.9. The van der Waals surface area contributed by atoms with Crippen molar-refractivity contribution in [3.05, 3.63) is 114 Å². The first-order valence-corrected chi connectivity index (χ1v) is 14.2. The van der Waals surface area contributed by atoms with Crippen LogP contribution < -0.4 is 30.2 Å². The van der Waals surface area contributed by atoms with Gasteiger partial charge in [-0.25, -0.2) is 0 Å². The van der Waals surface area contributed by atoms with E-state index in [4.69, 9.17) is 14.2 Å². The summed E-state index contributed by atoms with van der Waals surface area (Å²) >= 11 is 1.32. The highest BCUT2D eigenvalue weighted by Gasteiger charge is 2.17. The zero-order valence-corrected chi connectivity index (χ0v) is 24.7. The molecule has 4 aromatic carbocycles. The molecule has 0 unspecified atom stereocenters. The molecule has 3 amide bonds. The van der Waals surface area contributed by atoms with Crippen LogP contribution in [-0.2, 0) is 9.59 Å². The van der Waals surface area contributed by atoms with Gasteiger partial charge in [0.1, 0.15) is 22.9 Å². The van der Waals surface area contributed by atoms with Crippen molar-refractivity contribution in [3.63, 3.8) is 0 Å². The highest BCUT2D eigenvalue weighted by Crippen LogP contribution is 2.27. The van der Waals surface area contributed by atoms with Gasteiger partial charge in [-0.3, -0.25) is 14.4 Å². The van der Waals surface area contributed by atoms with Crippen LogP contribution in [-0.4, -0.2) is 44.8 Å². The van der Waals surface area contributed by atoms with E-state index in [0.29, 0.717) is 39.8 Å². The molecule has 0 fully saturated rings. The molecule has 0 aliphatic rings. The van der Waals surface area contributed by atoms with Gasteiger partial charge in [-0.2, -0.15) is 0 Å². The fraction of sp³-hybridized carbons (Fsp3) is 0.121. The standard InChI is InChI=1S/C33H31N3O6S/c1-40-26-13-7-11-24(19-26)34-31(37)21-43-28-14-8-12-25(20-28)35-33(39)29(36-32(38)22-9-5-4-6-10-22)18-23-17-27(41-2)15-16-30(23)42-3/h4-20H,21H2,1-3H3,(H,34,37)(H,35,39)(H,36,38)/b29-18+. The summed E-state index contributed by atoms with van der Waals surface area (Å²) in [7, 11) is 4.61. The Morgan fingerprint density at radius 1 is 0.721 bits per heavy atom. The molecule has 0 heterocycles. The molecule has 9 nitrogen and oxygen atoms in total. The Balaban J connectivity index is 1.50. The van der Waals surface area contributed by atoms with Gasteiger partial charge >= 0.3 is 0 Å². The number of carbonyl (C=O) groups excluding carboxylic acids is 3. The van der Waals surface area contributed by atoms with E-state index in [1.54, 1.807) is 98.1 Å². The van der Waals surface area contributed by atoms with Crippen LogP contribution in [0, 0.1) is 0 Å². The van der Waals surface area contributed by atoms with E-state index in [9.17, 15) is 14.4 Å². The minimum absolute atomic E-state index is 0.00358. The van der Waals surface area contributed by atoms with Crippen molar-refractivity contribution in [1.29, 1.82) is 0 Å². The first-order valence-electron chi connectivity index (χ1n) is 13.2. The average Bonchev–Trinajstić information content (AvgIpc) is 3.04. The topological polar surface area (TPSA) is 115 Å². The first kappa shape index (κ1) is 30.7. The highest BCUT2D eigenvalue weighted by molar-refractivity contribution is 8.00. The summed E-state index contributed by atoms with van der Waals surface area (Å²) in [5.41, 5.74) is 2.04. The Morgan fingerprint density at radius 3 is 2.14 bits per heavy atom. The molecule has 4 aromatic rings. The molecule has 220 valence electrons. The summed E-state index contributed by atoms with van der Waals surface area (Å²) in [5, 5.41) is 8.41. The maximum absolute atomic E-state index is 13.5. The zero-order chi connectivity index (χ0) is 30.6. The lowest BCUT2D eigenvalue weighted by atomic mass is 10.1. The van der Waals surface area contributed by atoms with Crippen LogP contribution in [0.25, 0.3) is 6.08 Å². The number of methoxy groups -OCH3 is 3.